The van der Waals surface area contributed by atoms with Gasteiger partial charge in [-0.15, -0.1) is 0 Å². The molecule has 0 aliphatic rings. The molecule has 0 aliphatic heterocycles. The molecule has 0 aliphatic carbocycles. The van der Waals surface area contributed by atoms with E-state index in [0.29, 0.717) is 0 Å². The maximum absolute atomic E-state index is 11.9. The van der Waals surface area contributed by atoms with Crippen molar-refractivity contribution in [3.05, 3.63) is 29.8 Å². The first-order chi connectivity index (χ1) is 8.71. The second-order valence-corrected chi connectivity index (χ2v) is 5.59. The van der Waals surface area contributed by atoms with Crippen LogP contribution < -0.4 is 4.74 Å². The van der Waals surface area contributed by atoms with Crippen LogP contribution in [-0.2, 0) is 9.53 Å². The number of rotatable bonds is 3. The summed E-state index contributed by atoms with van der Waals surface area (Å²) in [6.45, 7) is 8.79. The van der Waals surface area contributed by atoms with E-state index in [9.17, 15) is 9.59 Å². The predicted octanol–water partition coefficient (Wildman–Crippen LogP) is 3.20. The molecular formula is C15H20O4. The molecule has 1 aromatic carbocycles. The third kappa shape index (κ3) is 4.39. The van der Waals surface area contributed by atoms with E-state index in [1.54, 1.807) is 58.9 Å². The van der Waals surface area contributed by atoms with Gasteiger partial charge < -0.3 is 9.47 Å². The summed E-state index contributed by atoms with van der Waals surface area (Å²) in [7, 11) is 0. The SMILES string of the molecule is CC(C)OC(=O)c1ccccc1OC(=O)C(C)(C)C. The minimum atomic E-state index is -0.630. The molecule has 0 unspecified atom stereocenters. The van der Waals surface area contributed by atoms with E-state index in [4.69, 9.17) is 9.47 Å². The molecular weight excluding hydrogens is 244 g/mol. The van der Waals surface area contributed by atoms with Crippen LogP contribution in [0, 0.1) is 5.41 Å². The highest BCUT2D eigenvalue weighted by molar-refractivity contribution is 5.93. The van der Waals surface area contributed by atoms with Gasteiger partial charge in [-0.1, -0.05) is 12.1 Å². The molecule has 4 nitrogen and oxygen atoms in total. The molecule has 0 radical (unpaired) electrons. The Morgan fingerprint density at radius 1 is 1.11 bits per heavy atom. The van der Waals surface area contributed by atoms with Gasteiger partial charge in [0.2, 0.25) is 0 Å². The number of para-hydroxylation sites is 1. The van der Waals surface area contributed by atoms with Gasteiger partial charge in [0.25, 0.3) is 0 Å². The number of benzene rings is 1. The summed E-state index contributed by atoms with van der Waals surface area (Å²) in [4.78, 5) is 23.8. The van der Waals surface area contributed by atoms with E-state index >= 15 is 0 Å². The minimum absolute atomic E-state index is 0.223. The zero-order valence-corrected chi connectivity index (χ0v) is 12.0. The second kappa shape index (κ2) is 5.87. The van der Waals surface area contributed by atoms with Crippen molar-refractivity contribution in [2.75, 3.05) is 0 Å². The van der Waals surface area contributed by atoms with Crippen LogP contribution in [0.1, 0.15) is 45.0 Å². The number of hydrogen-bond donors (Lipinski definition) is 0. The quantitative estimate of drug-likeness (QED) is 0.621. The van der Waals surface area contributed by atoms with E-state index in [1.165, 1.54) is 0 Å². The highest BCUT2D eigenvalue weighted by atomic mass is 16.6. The lowest BCUT2D eigenvalue weighted by Crippen LogP contribution is -2.26. The smallest absolute Gasteiger partial charge is 0.342 e. The molecule has 0 fully saturated rings. The van der Waals surface area contributed by atoms with Crippen LogP contribution in [0.5, 0.6) is 5.75 Å². The van der Waals surface area contributed by atoms with Gasteiger partial charge >= 0.3 is 11.9 Å². The molecule has 1 aromatic rings. The van der Waals surface area contributed by atoms with Crippen LogP contribution in [0.4, 0.5) is 0 Å². The Labute approximate surface area is 113 Å². The molecule has 0 atom stereocenters. The van der Waals surface area contributed by atoms with Gasteiger partial charge in [0.15, 0.2) is 0 Å². The van der Waals surface area contributed by atoms with Crippen molar-refractivity contribution in [2.45, 2.75) is 40.7 Å². The van der Waals surface area contributed by atoms with Crippen molar-refractivity contribution in [2.24, 2.45) is 5.41 Å². The van der Waals surface area contributed by atoms with Crippen LogP contribution in [0.25, 0.3) is 0 Å². The van der Waals surface area contributed by atoms with Crippen molar-refractivity contribution in [1.29, 1.82) is 0 Å². The van der Waals surface area contributed by atoms with Crippen molar-refractivity contribution in [3.8, 4) is 5.75 Å². The van der Waals surface area contributed by atoms with Gasteiger partial charge in [-0.25, -0.2) is 4.79 Å². The molecule has 19 heavy (non-hydrogen) atoms. The van der Waals surface area contributed by atoms with Gasteiger partial charge in [0.05, 0.1) is 11.5 Å². The minimum Gasteiger partial charge on any atom is -0.459 e. The van der Waals surface area contributed by atoms with Crippen LogP contribution >= 0.6 is 0 Å². The fourth-order valence-corrected chi connectivity index (χ4v) is 1.25. The molecule has 0 amide bonds. The summed E-state index contributed by atoms with van der Waals surface area (Å²) in [5, 5.41) is 0. The zero-order valence-electron chi connectivity index (χ0n) is 12.0. The number of hydrogen-bond acceptors (Lipinski definition) is 4. The Balaban J connectivity index is 2.97. The van der Waals surface area contributed by atoms with Gasteiger partial charge in [0.1, 0.15) is 11.3 Å². The predicted molar refractivity (Wildman–Crippen MR) is 72.1 cm³/mol. The average Bonchev–Trinajstić information content (AvgIpc) is 2.27. The Bertz CT molecular complexity index is 469. The van der Waals surface area contributed by atoms with Gasteiger partial charge in [0, 0.05) is 0 Å². The lowest BCUT2D eigenvalue weighted by molar-refractivity contribution is -0.143. The topological polar surface area (TPSA) is 52.6 Å². The van der Waals surface area contributed by atoms with Crippen LogP contribution in [0.3, 0.4) is 0 Å². The molecule has 0 aromatic heterocycles. The molecule has 4 heteroatoms. The summed E-state index contributed by atoms with van der Waals surface area (Å²) in [6.07, 6.45) is -0.223. The van der Waals surface area contributed by atoms with Gasteiger partial charge in [-0.2, -0.15) is 0 Å². The zero-order chi connectivity index (χ0) is 14.6. The van der Waals surface area contributed by atoms with E-state index in [2.05, 4.69) is 0 Å². The Morgan fingerprint density at radius 3 is 2.21 bits per heavy atom. The number of carbonyl (C=O) groups is 2. The molecule has 104 valence electrons. The lowest BCUT2D eigenvalue weighted by atomic mass is 9.97. The first kappa shape index (κ1) is 15.2. The van der Waals surface area contributed by atoms with E-state index in [0.717, 1.165) is 0 Å². The Hall–Kier alpha value is -1.84. The van der Waals surface area contributed by atoms with E-state index in [1.807, 2.05) is 0 Å². The van der Waals surface area contributed by atoms with Gasteiger partial charge in [-0.05, 0) is 46.8 Å². The normalized spacial score (nSPS) is 11.3. The highest BCUT2D eigenvalue weighted by Gasteiger charge is 2.25. The molecule has 0 heterocycles. The summed E-state index contributed by atoms with van der Waals surface area (Å²) < 4.78 is 10.4. The number of carbonyl (C=O) groups excluding carboxylic acids is 2. The van der Waals surface area contributed by atoms with Crippen molar-refractivity contribution < 1.29 is 19.1 Å². The molecule has 0 saturated heterocycles. The molecule has 0 saturated carbocycles. The van der Waals surface area contributed by atoms with Crippen molar-refractivity contribution in [3.63, 3.8) is 0 Å². The molecule has 0 N–H and O–H groups in total. The summed E-state index contributed by atoms with van der Waals surface area (Å²) in [6, 6.07) is 6.57. The second-order valence-electron chi connectivity index (χ2n) is 5.59. The number of esters is 2. The highest BCUT2D eigenvalue weighted by Crippen LogP contribution is 2.23. The molecule has 1 rings (SSSR count). The fraction of sp³-hybridized carbons (Fsp3) is 0.467. The van der Waals surface area contributed by atoms with Gasteiger partial charge in [-0.3, -0.25) is 4.79 Å². The van der Waals surface area contributed by atoms with E-state index in [-0.39, 0.29) is 17.4 Å². The summed E-state index contributed by atoms with van der Waals surface area (Å²) in [5.74, 6) is -0.655. The van der Waals surface area contributed by atoms with Crippen LogP contribution in [0.15, 0.2) is 24.3 Å². The maximum Gasteiger partial charge on any atom is 0.342 e. The standard InChI is InChI=1S/C15H20O4/c1-10(2)18-13(16)11-8-6-7-9-12(11)19-14(17)15(3,4)5/h6-10H,1-5H3. The first-order valence-electron chi connectivity index (χ1n) is 6.24. The monoisotopic (exact) mass is 264 g/mol. The molecule has 0 bridgehead atoms. The largest absolute Gasteiger partial charge is 0.459 e. The third-order valence-corrected chi connectivity index (χ3v) is 2.26. The van der Waals surface area contributed by atoms with Crippen LogP contribution in [-0.4, -0.2) is 18.0 Å². The molecule has 0 spiro atoms. The summed E-state index contributed by atoms with van der Waals surface area (Å²) in [5.41, 5.74) is -0.372. The average molecular weight is 264 g/mol. The van der Waals surface area contributed by atoms with Crippen LogP contribution in [0.2, 0.25) is 0 Å². The fourth-order valence-electron chi connectivity index (χ4n) is 1.25. The van der Waals surface area contributed by atoms with E-state index < -0.39 is 17.4 Å². The Kier molecular flexibility index (Phi) is 4.70. The van der Waals surface area contributed by atoms with Crippen molar-refractivity contribution in [1.82, 2.24) is 0 Å². The van der Waals surface area contributed by atoms with Crippen molar-refractivity contribution >= 4 is 11.9 Å². The maximum atomic E-state index is 11.9. The number of ether oxygens (including phenoxy) is 2. The lowest BCUT2D eigenvalue weighted by Gasteiger charge is -2.18. The summed E-state index contributed by atoms with van der Waals surface area (Å²) >= 11 is 0. The Morgan fingerprint density at radius 2 is 1.68 bits per heavy atom. The third-order valence-electron chi connectivity index (χ3n) is 2.26. The first-order valence-corrected chi connectivity index (χ1v) is 6.24.